The van der Waals surface area contributed by atoms with Gasteiger partial charge in [0.25, 0.3) is 0 Å². The molecule has 0 bridgehead atoms. The van der Waals surface area contributed by atoms with Crippen molar-refractivity contribution >= 4 is 17.3 Å². The largest absolute Gasteiger partial charge is 0.457 e. The Morgan fingerprint density at radius 2 is 1.65 bits per heavy atom. The third-order valence-corrected chi connectivity index (χ3v) is 4.96. The summed E-state index contributed by atoms with van der Waals surface area (Å²) in [7, 11) is 0. The van der Waals surface area contributed by atoms with Crippen molar-refractivity contribution in [3.05, 3.63) is 71.8 Å². The lowest BCUT2D eigenvalue weighted by Crippen LogP contribution is -2.39. The number of piperidine rings is 1. The summed E-state index contributed by atoms with van der Waals surface area (Å²) in [5.74, 6) is 1.62. The van der Waals surface area contributed by atoms with E-state index in [0.29, 0.717) is 28.4 Å². The zero-order chi connectivity index (χ0) is 24.9. The van der Waals surface area contributed by atoms with Crippen LogP contribution in [0, 0.1) is 11.2 Å². The van der Waals surface area contributed by atoms with Crippen LogP contribution in [0.4, 0.5) is 16.0 Å². The molecule has 34 heavy (non-hydrogen) atoms. The minimum absolute atomic E-state index is 0.228. The smallest absolute Gasteiger partial charge is 0.141 e. The zero-order valence-corrected chi connectivity index (χ0v) is 20.4. The predicted octanol–water partition coefficient (Wildman–Crippen LogP) is 5.62. The molecule has 8 heteroatoms. The lowest BCUT2D eigenvalue weighted by Gasteiger charge is -2.25. The SMILES string of the molecule is CC.CC.N=C(c1ccc(Oc2ccc(F)cc2)cc1)c1c(N)ncnc1NC1CCCNC1. The van der Waals surface area contributed by atoms with E-state index in [1.807, 2.05) is 27.7 Å². The van der Waals surface area contributed by atoms with Crippen LogP contribution >= 0.6 is 0 Å². The standard InChI is InChI=1S/C22H23FN6O.2C2H6/c23-15-5-9-18(10-6-15)30-17-7-3-14(4-8-17)20(24)19-21(25)27-13-28-22(19)29-16-2-1-11-26-12-16;2*1-2/h3-10,13,16,24,26H,1-2,11-12H2,(H3,25,27,28,29);2*1-2H3. The molecule has 0 spiro atoms. The third-order valence-electron chi connectivity index (χ3n) is 4.96. The Bertz CT molecular complexity index is 1020. The first-order valence-corrected chi connectivity index (χ1v) is 11.8. The minimum Gasteiger partial charge on any atom is -0.457 e. The summed E-state index contributed by atoms with van der Waals surface area (Å²) in [5.41, 5.74) is 7.48. The Kier molecular flexibility index (Phi) is 10.9. The monoisotopic (exact) mass is 466 g/mol. The molecular formula is C26H35FN6O. The Hall–Kier alpha value is -3.52. The highest BCUT2D eigenvalue weighted by Crippen LogP contribution is 2.26. The predicted molar refractivity (Wildman–Crippen MR) is 138 cm³/mol. The summed E-state index contributed by atoms with van der Waals surface area (Å²) in [4.78, 5) is 8.41. The fourth-order valence-corrected chi connectivity index (χ4v) is 3.40. The van der Waals surface area contributed by atoms with E-state index in [9.17, 15) is 4.39 Å². The maximum absolute atomic E-state index is 13.0. The van der Waals surface area contributed by atoms with Gasteiger partial charge >= 0.3 is 0 Å². The Morgan fingerprint density at radius 1 is 1.03 bits per heavy atom. The number of aromatic nitrogens is 2. The van der Waals surface area contributed by atoms with E-state index < -0.39 is 0 Å². The van der Waals surface area contributed by atoms with E-state index in [0.717, 1.165) is 25.9 Å². The van der Waals surface area contributed by atoms with Crippen molar-refractivity contribution in [2.75, 3.05) is 24.1 Å². The van der Waals surface area contributed by atoms with E-state index in [-0.39, 0.29) is 23.4 Å². The third kappa shape index (κ3) is 7.25. The Balaban J connectivity index is 0.000000970. The second-order valence-corrected chi connectivity index (χ2v) is 7.13. The highest BCUT2D eigenvalue weighted by Gasteiger charge is 2.20. The fourth-order valence-electron chi connectivity index (χ4n) is 3.40. The average Bonchev–Trinajstić information content (AvgIpc) is 2.89. The molecule has 1 aliphatic rings. The summed E-state index contributed by atoms with van der Waals surface area (Å²) in [5, 5.41) is 15.4. The highest BCUT2D eigenvalue weighted by molar-refractivity contribution is 6.16. The number of halogens is 1. The summed E-state index contributed by atoms with van der Waals surface area (Å²) < 4.78 is 18.7. The van der Waals surface area contributed by atoms with E-state index in [4.69, 9.17) is 15.9 Å². The van der Waals surface area contributed by atoms with Crippen molar-refractivity contribution < 1.29 is 9.13 Å². The summed E-state index contributed by atoms with van der Waals surface area (Å²) in [6.45, 7) is 9.85. The van der Waals surface area contributed by atoms with Crippen molar-refractivity contribution in [3.8, 4) is 11.5 Å². The van der Waals surface area contributed by atoms with Crippen LogP contribution in [0.3, 0.4) is 0 Å². The van der Waals surface area contributed by atoms with Crippen LogP contribution in [-0.4, -0.2) is 34.8 Å². The lowest BCUT2D eigenvalue weighted by molar-refractivity contribution is 0.479. The topological polar surface area (TPSA) is 109 Å². The number of hydrogen-bond donors (Lipinski definition) is 4. The van der Waals surface area contributed by atoms with Crippen molar-refractivity contribution in [3.63, 3.8) is 0 Å². The quantitative estimate of drug-likeness (QED) is 0.351. The van der Waals surface area contributed by atoms with E-state index in [1.54, 1.807) is 36.4 Å². The number of nitrogens with zero attached hydrogens (tertiary/aromatic N) is 2. The van der Waals surface area contributed by atoms with Crippen LogP contribution in [-0.2, 0) is 0 Å². The molecule has 1 saturated heterocycles. The maximum Gasteiger partial charge on any atom is 0.141 e. The molecule has 1 aromatic heterocycles. The molecule has 5 N–H and O–H groups in total. The normalized spacial score (nSPS) is 14.6. The van der Waals surface area contributed by atoms with Gasteiger partial charge in [0.05, 0.1) is 11.3 Å². The van der Waals surface area contributed by atoms with Crippen LogP contribution in [0.5, 0.6) is 11.5 Å². The van der Waals surface area contributed by atoms with Gasteiger partial charge in [-0.1, -0.05) is 27.7 Å². The van der Waals surface area contributed by atoms with Crippen LogP contribution in [0.1, 0.15) is 51.7 Å². The molecule has 1 aliphatic heterocycles. The second kappa shape index (κ2) is 13.9. The highest BCUT2D eigenvalue weighted by atomic mass is 19.1. The number of anilines is 2. The van der Waals surface area contributed by atoms with Gasteiger partial charge < -0.3 is 21.1 Å². The van der Waals surface area contributed by atoms with Gasteiger partial charge in [0.15, 0.2) is 0 Å². The van der Waals surface area contributed by atoms with Crippen molar-refractivity contribution in [2.45, 2.75) is 46.6 Å². The average molecular weight is 467 g/mol. The van der Waals surface area contributed by atoms with Crippen LogP contribution in [0.2, 0.25) is 0 Å². The number of nitrogens with one attached hydrogen (secondary N) is 3. The van der Waals surface area contributed by atoms with Gasteiger partial charge in [-0.25, -0.2) is 14.4 Å². The van der Waals surface area contributed by atoms with E-state index >= 15 is 0 Å². The summed E-state index contributed by atoms with van der Waals surface area (Å²) in [6, 6.07) is 13.1. The van der Waals surface area contributed by atoms with Gasteiger partial charge in [-0.05, 0) is 67.9 Å². The van der Waals surface area contributed by atoms with Gasteiger partial charge in [-0.15, -0.1) is 0 Å². The fraction of sp³-hybridized carbons (Fsp3) is 0.346. The van der Waals surface area contributed by atoms with E-state index in [2.05, 4.69) is 20.6 Å². The van der Waals surface area contributed by atoms with Crippen molar-refractivity contribution in [2.24, 2.45) is 0 Å². The Morgan fingerprint density at radius 3 is 2.24 bits per heavy atom. The number of benzene rings is 2. The molecule has 1 unspecified atom stereocenters. The molecule has 1 atom stereocenters. The van der Waals surface area contributed by atoms with Crippen LogP contribution in [0.15, 0.2) is 54.9 Å². The molecule has 0 aliphatic carbocycles. The Labute approximate surface area is 201 Å². The zero-order valence-electron chi connectivity index (χ0n) is 20.4. The number of rotatable bonds is 6. The molecule has 2 heterocycles. The van der Waals surface area contributed by atoms with Crippen molar-refractivity contribution in [1.29, 1.82) is 5.41 Å². The summed E-state index contributed by atoms with van der Waals surface area (Å²) in [6.07, 6.45) is 3.52. The molecule has 0 amide bonds. The molecule has 182 valence electrons. The van der Waals surface area contributed by atoms with E-state index in [1.165, 1.54) is 18.5 Å². The number of ether oxygens (including phenoxy) is 1. The van der Waals surface area contributed by atoms with Gasteiger partial charge in [0.1, 0.15) is 35.3 Å². The number of hydrogen-bond acceptors (Lipinski definition) is 7. The van der Waals surface area contributed by atoms with Crippen LogP contribution in [0.25, 0.3) is 0 Å². The number of nitrogens with two attached hydrogens (primary N) is 1. The second-order valence-electron chi connectivity index (χ2n) is 7.13. The van der Waals surface area contributed by atoms with Gasteiger partial charge in [0, 0.05) is 18.2 Å². The molecule has 0 saturated carbocycles. The van der Waals surface area contributed by atoms with Gasteiger partial charge in [-0.3, -0.25) is 5.41 Å². The molecule has 2 aromatic carbocycles. The first-order valence-electron chi connectivity index (χ1n) is 11.8. The molecular weight excluding hydrogens is 431 g/mol. The molecule has 4 rings (SSSR count). The van der Waals surface area contributed by atoms with Gasteiger partial charge in [0.2, 0.25) is 0 Å². The maximum atomic E-state index is 13.0. The van der Waals surface area contributed by atoms with Crippen molar-refractivity contribution in [1.82, 2.24) is 15.3 Å². The summed E-state index contributed by atoms with van der Waals surface area (Å²) >= 11 is 0. The van der Waals surface area contributed by atoms with Crippen LogP contribution < -0.4 is 21.1 Å². The molecule has 1 fully saturated rings. The minimum atomic E-state index is -0.317. The molecule has 0 radical (unpaired) electrons. The number of nitrogen functional groups attached to an aromatic ring is 1. The molecule has 3 aromatic rings. The lowest BCUT2D eigenvalue weighted by atomic mass is 10.0. The first kappa shape index (κ1) is 26.7. The molecule has 7 nitrogen and oxygen atoms in total. The first-order chi connectivity index (χ1) is 16.6. The van der Waals surface area contributed by atoms with Gasteiger partial charge in [-0.2, -0.15) is 0 Å².